The number of hydrogen-bond acceptors (Lipinski definition) is 0. The fraction of sp³-hybridized carbons (Fsp3) is 0.212. The molecule has 397 valence electrons. The van der Waals surface area contributed by atoms with Gasteiger partial charge < -0.3 is 0 Å². The summed E-state index contributed by atoms with van der Waals surface area (Å²) in [5, 5.41) is 2.10. The monoisotopic (exact) mass is 1200 g/mol. The summed E-state index contributed by atoms with van der Waals surface area (Å²) in [5.41, 5.74) is -5.47. The fourth-order valence-electron chi connectivity index (χ4n) is 7.10. The Labute approximate surface area is 432 Å². The molecule has 0 amide bonds. The molecule has 6 aromatic rings. The predicted octanol–water partition coefficient (Wildman–Crippen LogP) is 16.7. The summed E-state index contributed by atoms with van der Waals surface area (Å²) in [6.45, 7) is 11.0. The Hall–Kier alpha value is -4.17. The quantitative estimate of drug-likeness (QED) is 0.0886. The van der Waals surface area contributed by atoms with Crippen LogP contribution in [-0.2, 0) is 54.4 Å². The molecule has 0 unspecified atom stereocenters. The number of rotatable bonds is 6. The van der Waals surface area contributed by atoms with Gasteiger partial charge in [0, 0.05) is 0 Å². The molecule has 1 saturated carbocycles. The van der Waals surface area contributed by atoms with Crippen LogP contribution >= 0.6 is 25.5 Å². The van der Waals surface area contributed by atoms with E-state index in [2.05, 4.69) is 44.3 Å². The van der Waals surface area contributed by atoms with Crippen molar-refractivity contribution in [3.8, 4) is 0 Å². The standard InChI is InChI=1S/2C21H12F9P.C10H15.ClH.Ru/c2*22-19(23,24)13-1-7-16(8-2-13)31(17-9-3-14(4-10-17)20(25,26)27)18-11-5-15(6-12-18)21(28,29)30;1-6-7(2)9(4)10(5)8(6)3;;/h2*1-12H;1-5H3;1H;/q;;;;+2/p-1. The first-order chi connectivity index (χ1) is 34.1. The Kier molecular flexibility index (Phi) is 21.0. The van der Waals surface area contributed by atoms with Crippen LogP contribution in [0.15, 0.2) is 146 Å². The van der Waals surface area contributed by atoms with Crippen LogP contribution in [0.5, 0.6) is 0 Å². The third-order valence-corrected chi connectivity index (χ3v) is 16.4. The summed E-state index contributed by atoms with van der Waals surface area (Å²) in [5.74, 6) is 7.34. The average Bonchev–Trinajstić information content (AvgIpc) is 3.49. The van der Waals surface area contributed by atoms with Crippen molar-refractivity contribution in [3.05, 3.63) is 209 Å². The molecule has 22 heteroatoms. The third-order valence-electron chi connectivity index (χ3n) is 11.5. The normalized spacial score (nSPS) is 14.8. The molecule has 0 atom stereocenters. The van der Waals surface area contributed by atoms with Gasteiger partial charge in [-0.15, -0.1) is 0 Å². The van der Waals surface area contributed by atoms with Crippen LogP contribution in [0.25, 0.3) is 0 Å². The van der Waals surface area contributed by atoms with Crippen molar-refractivity contribution in [2.24, 2.45) is 0 Å². The summed E-state index contributed by atoms with van der Waals surface area (Å²) in [6.07, 6.45) is -27.5. The molecule has 7 rings (SSSR count). The zero-order chi connectivity index (χ0) is 55.9. The third kappa shape index (κ3) is 16.4. The van der Waals surface area contributed by atoms with E-state index in [0.717, 1.165) is 72.8 Å². The van der Waals surface area contributed by atoms with Gasteiger partial charge in [-0.3, -0.25) is 0 Å². The number of halogens is 19. The second kappa shape index (κ2) is 24.9. The van der Waals surface area contributed by atoms with Crippen molar-refractivity contribution in [3.63, 3.8) is 0 Å². The maximum absolute atomic E-state index is 12.9. The van der Waals surface area contributed by atoms with E-state index < -0.39 is 86.3 Å². The van der Waals surface area contributed by atoms with Gasteiger partial charge in [0.1, 0.15) is 0 Å². The SMILES string of the molecule is C[C]1[C](C)[C](C)[C](C)[C]1C.FC(F)(F)c1ccc(P(c2ccc(C(F)(F)F)cc2)c2ccc(C(F)(F)F)cc2)cc1.FC(F)(F)c1ccc(P(c2ccc(C(F)(F)F)cc2)c2ccc(C(F)(F)F)cc2)cc1.[Cl][Ru+]. The molecule has 1 fully saturated rings. The Morgan fingerprint density at radius 1 is 0.230 bits per heavy atom. The van der Waals surface area contributed by atoms with Gasteiger partial charge in [-0.05, 0) is 150 Å². The van der Waals surface area contributed by atoms with Gasteiger partial charge in [0.2, 0.25) is 0 Å². The second-order valence-electron chi connectivity index (χ2n) is 16.1. The van der Waals surface area contributed by atoms with Gasteiger partial charge in [0.25, 0.3) is 0 Å². The molecule has 0 N–H and O–H groups in total. The van der Waals surface area contributed by atoms with E-state index in [4.69, 9.17) is 0 Å². The molecule has 0 heterocycles. The molecule has 1 aliphatic carbocycles. The van der Waals surface area contributed by atoms with Crippen LogP contribution < -0.4 is 31.8 Å². The predicted molar refractivity (Wildman–Crippen MR) is 251 cm³/mol. The van der Waals surface area contributed by atoms with Crippen LogP contribution in [0.1, 0.15) is 68.0 Å². The average molecular weight is 1200 g/mol. The molecule has 0 aliphatic heterocycles. The van der Waals surface area contributed by atoms with Gasteiger partial charge in [0.05, 0.1) is 33.4 Å². The molecule has 0 saturated heterocycles. The zero-order valence-corrected chi connectivity index (χ0v) is 43.1. The maximum atomic E-state index is 12.9. The second-order valence-corrected chi connectivity index (χ2v) is 20.5. The van der Waals surface area contributed by atoms with Gasteiger partial charge >= 0.3 is 64.1 Å². The molecule has 0 nitrogen and oxygen atoms in total. The van der Waals surface area contributed by atoms with E-state index in [1.807, 2.05) is 17.3 Å². The van der Waals surface area contributed by atoms with Gasteiger partial charge in [-0.1, -0.05) is 107 Å². The summed E-state index contributed by atoms with van der Waals surface area (Å²) in [4.78, 5) is 0. The van der Waals surface area contributed by atoms with Gasteiger partial charge in [-0.2, -0.15) is 79.0 Å². The van der Waals surface area contributed by atoms with E-state index in [9.17, 15) is 79.0 Å². The zero-order valence-electron chi connectivity index (χ0n) is 38.8. The van der Waals surface area contributed by atoms with E-state index in [-0.39, 0.29) is 0 Å². The van der Waals surface area contributed by atoms with Crippen molar-refractivity contribution < 1.29 is 96.3 Å². The van der Waals surface area contributed by atoms with Gasteiger partial charge in [0.15, 0.2) is 0 Å². The fourth-order valence-corrected chi connectivity index (χ4v) is 11.6. The number of alkyl halides is 18. The van der Waals surface area contributed by atoms with Crippen LogP contribution in [-0.4, -0.2) is 0 Å². The Balaban J connectivity index is 0.000000263. The topological polar surface area (TPSA) is 0 Å². The first kappa shape index (κ1) is 62.4. The summed E-state index contributed by atoms with van der Waals surface area (Å²) in [7, 11) is 1.18. The summed E-state index contributed by atoms with van der Waals surface area (Å²) >= 11 is 1.82. The summed E-state index contributed by atoms with van der Waals surface area (Å²) in [6, 6.07) is 24.2. The molecular weight excluding hydrogens is 1170 g/mol. The van der Waals surface area contributed by atoms with Crippen molar-refractivity contribution in [2.45, 2.75) is 71.7 Å². The van der Waals surface area contributed by atoms with E-state index in [1.165, 1.54) is 102 Å². The molecule has 0 aromatic heterocycles. The molecule has 5 radical (unpaired) electrons. The van der Waals surface area contributed by atoms with Crippen LogP contribution in [0.2, 0.25) is 0 Å². The molecule has 0 spiro atoms. The molecular formula is C52H39ClF18P2Ru+. The van der Waals surface area contributed by atoms with Crippen LogP contribution in [0.3, 0.4) is 0 Å². The van der Waals surface area contributed by atoms with Crippen molar-refractivity contribution in [1.29, 1.82) is 0 Å². The summed E-state index contributed by atoms with van der Waals surface area (Å²) < 4.78 is 232. The minimum absolute atomic E-state index is 0.350. The Morgan fingerprint density at radius 2 is 0.324 bits per heavy atom. The Morgan fingerprint density at radius 3 is 0.405 bits per heavy atom. The Bertz CT molecular complexity index is 2170. The molecule has 6 aromatic carbocycles. The van der Waals surface area contributed by atoms with Crippen molar-refractivity contribution in [2.75, 3.05) is 0 Å². The first-order valence-corrected chi connectivity index (χ1v) is 26.0. The molecule has 0 bridgehead atoms. The number of hydrogen-bond donors (Lipinski definition) is 0. The van der Waals surface area contributed by atoms with Crippen molar-refractivity contribution >= 4 is 57.4 Å². The van der Waals surface area contributed by atoms with E-state index in [1.54, 1.807) is 0 Å². The van der Waals surface area contributed by atoms with Crippen LogP contribution in [0.4, 0.5) is 79.0 Å². The first-order valence-electron chi connectivity index (χ1n) is 21.1. The van der Waals surface area contributed by atoms with E-state index >= 15 is 0 Å². The van der Waals surface area contributed by atoms with E-state index in [0.29, 0.717) is 31.8 Å². The van der Waals surface area contributed by atoms with Gasteiger partial charge in [-0.25, -0.2) is 0 Å². The minimum atomic E-state index is -4.58. The molecule has 1 aliphatic rings. The molecule has 74 heavy (non-hydrogen) atoms. The number of benzene rings is 6. The van der Waals surface area contributed by atoms with Crippen LogP contribution in [0, 0.1) is 29.6 Å². The van der Waals surface area contributed by atoms with Crippen molar-refractivity contribution in [1.82, 2.24) is 0 Å².